The van der Waals surface area contributed by atoms with Gasteiger partial charge in [-0.1, -0.05) is 6.92 Å². The molecule has 2 nitrogen and oxygen atoms in total. The van der Waals surface area contributed by atoms with Crippen LogP contribution in [-0.2, 0) is 0 Å². The maximum atomic E-state index is 2.41. The van der Waals surface area contributed by atoms with E-state index in [0.29, 0.717) is 5.54 Å². The van der Waals surface area contributed by atoms with Crippen LogP contribution in [0.2, 0.25) is 0 Å². The van der Waals surface area contributed by atoms with Gasteiger partial charge in [0.05, 0.1) is 0 Å². The van der Waals surface area contributed by atoms with Gasteiger partial charge in [0.15, 0.2) is 0 Å². The zero-order valence-electron chi connectivity index (χ0n) is 10.2. The van der Waals surface area contributed by atoms with E-state index >= 15 is 0 Å². The molecule has 0 amide bonds. The highest BCUT2D eigenvalue weighted by molar-refractivity contribution is 4.72. The summed E-state index contributed by atoms with van der Waals surface area (Å²) in [6.45, 7) is 12.5. The van der Waals surface area contributed by atoms with Gasteiger partial charge >= 0.3 is 0 Å². The van der Waals surface area contributed by atoms with Crippen molar-refractivity contribution in [1.82, 2.24) is 9.80 Å². The second kappa shape index (κ2) is 5.61. The van der Waals surface area contributed by atoms with Gasteiger partial charge in [-0.3, -0.25) is 0 Å². The fraction of sp³-hybridized carbons (Fsp3) is 1.00. The van der Waals surface area contributed by atoms with Crippen molar-refractivity contribution in [1.29, 1.82) is 0 Å². The molecule has 0 saturated carbocycles. The first-order valence-electron chi connectivity index (χ1n) is 5.27. The summed E-state index contributed by atoms with van der Waals surface area (Å²) in [4.78, 5) is 4.77. The third kappa shape index (κ3) is 6.05. The van der Waals surface area contributed by atoms with Crippen LogP contribution in [0.5, 0.6) is 0 Å². The predicted octanol–water partition coefficient (Wildman–Crippen LogP) is 2.06. The molecule has 0 radical (unpaired) electrons. The Kier molecular flexibility index (Phi) is 5.57. The molecular weight excluding hydrogens is 160 g/mol. The maximum absolute atomic E-state index is 2.41. The summed E-state index contributed by atoms with van der Waals surface area (Å²) in [5, 5.41) is 0. The van der Waals surface area contributed by atoms with Crippen molar-refractivity contribution in [3.05, 3.63) is 0 Å². The predicted molar refractivity (Wildman–Crippen MR) is 60.2 cm³/mol. The first kappa shape index (κ1) is 12.9. The number of hydrogen-bond donors (Lipinski definition) is 0. The molecule has 0 rings (SSSR count). The van der Waals surface area contributed by atoms with Crippen LogP contribution in [0.25, 0.3) is 0 Å². The standard InChI is InChI=1S/C11H26N2/c1-7-12(5)9-8-10-13(6)11(2,3)4/h7-10H2,1-6H3. The summed E-state index contributed by atoms with van der Waals surface area (Å²) in [5.74, 6) is 0. The van der Waals surface area contributed by atoms with Crippen LogP contribution >= 0.6 is 0 Å². The molecule has 0 aliphatic carbocycles. The van der Waals surface area contributed by atoms with E-state index in [4.69, 9.17) is 0 Å². The van der Waals surface area contributed by atoms with Gasteiger partial charge in [-0.15, -0.1) is 0 Å². The highest BCUT2D eigenvalue weighted by Crippen LogP contribution is 2.10. The van der Waals surface area contributed by atoms with Gasteiger partial charge in [0.2, 0.25) is 0 Å². The lowest BCUT2D eigenvalue weighted by molar-refractivity contribution is 0.166. The monoisotopic (exact) mass is 186 g/mol. The summed E-state index contributed by atoms with van der Waals surface area (Å²) in [6.07, 6.45) is 1.26. The van der Waals surface area contributed by atoms with Crippen molar-refractivity contribution >= 4 is 0 Å². The third-order valence-electron chi connectivity index (χ3n) is 2.72. The number of nitrogens with zero attached hydrogens (tertiary/aromatic N) is 2. The molecule has 0 aliphatic heterocycles. The van der Waals surface area contributed by atoms with Crippen molar-refractivity contribution in [2.75, 3.05) is 33.7 Å². The first-order valence-corrected chi connectivity index (χ1v) is 5.27. The van der Waals surface area contributed by atoms with Gasteiger partial charge in [-0.05, 0) is 60.9 Å². The highest BCUT2D eigenvalue weighted by atomic mass is 15.2. The van der Waals surface area contributed by atoms with Crippen LogP contribution in [-0.4, -0.2) is 49.1 Å². The normalized spacial score (nSPS) is 12.9. The van der Waals surface area contributed by atoms with Gasteiger partial charge in [-0.25, -0.2) is 0 Å². The average Bonchev–Trinajstić information content (AvgIpc) is 2.02. The zero-order chi connectivity index (χ0) is 10.5. The van der Waals surface area contributed by atoms with E-state index in [1.54, 1.807) is 0 Å². The Balaban J connectivity index is 3.54. The van der Waals surface area contributed by atoms with E-state index in [1.807, 2.05) is 0 Å². The Morgan fingerprint density at radius 1 is 1.00 bits per heavy atom. The molecule has 0 saturated heterocycles. The van der Waals surface area contributed by atoms with Crippen molar-refractivity contribution < 1.29 is 0 Å². The van der Waals surface area contributed by atoms with E-state index in [-0.39, 0.29) is 0 Å². The lowest BCUT2D eigenvalue weighted by Gasteiger charge is -2.32. The Morgan fingerprint density at radius 2 is 1.54 bits per heavy atom. The van der Waals surface area contributed by atoms with Crippen LogP contribution < -0.4 is 0 Å². The molecule has 0 aromatic rings. The topological polar surface area (TPSA) is 6.48 Å². The maximum Gasteiger partial charge on any atom is 0.0122 e. The summed E-state index contributed by atoms with van der Waals surface area (Å²) in [6, 6.07) is 0. The Morgan fingerprint density at radius 3 is 1.92 bits per heavy atom. The number of rotatable bonds is 5. The van der Waals surface area contributed by atoms with Crippen LogP contribution in [0.15, 0.2) is 0 Å². The van der Waals surface area contributed by atoms with Gasteiger partial charge < -0.3 is 9.80 Å². The van der Waals surface area contributed by atoms with E-state index in [0.717, 1.165) is 6.54 Å². The minimum absolute atomic E-state index is 0.310. The summed E-state index contributed by atoms with van der Waals surface area (Å²) in [5.41, 5.74) is 0.310. The molecule has 0 aromatic carbocycles. The van der Waals surface area contributed by atoms with Gasteiger partial charge in [0.25, 0.3) is 0 Å². The van der Waals surface area contributed by atoms with Crippen LogP contribution in [0, 0.1) is 0 Å². The van der Waals surface area contributed by atoms with E-state index in [1.165, 1.54) is 19.5 Å². The molecule has 0 fully saturated rings. The van der Waals surface area contributed by atoms with E-state index in [2.05, 4.69) is 51.6 Å². The lowest BCUT2D eigenvalue weighted by atomic mass is 10.1. The quantitative estimate of drug-likeness (QED) is 0.648. The smallest absolute Gasteiger partial charge is 0.0122 e. The summed E-state index contributed by atoms with van der Waals surface area (Å²) >= 11 is 0. The zero-order valence-corrected chi connectivity index (χ0v) is 10.2. The fourth-order valence-corrected chi connectivity index (χ4v) is 1.07. The largest absolute Gasteiger partial charge is 0.307 e. The van der Waals surface area contributed by atoms with Crippen LogP contribution in [0.4, 0.5) is 0 Å². The molecular formula is C11H26N2. The number of hydrogen-bond acceptors (Lipinski definition) is 2. The van der Waals surface area contributed by atoms with Crippen LogP contribution in [0.1, 0.15) is 34.1 Å². The van der Waals surface area contributed by atoms with Crippen molar-refractivity contribution in [2.45, 2.75) is 39.7 Å². The molecule has 0 heterocycles. The third-order valence-corrected chi connectivity index (χ3v) is 2.72. The first-order chi connectivity index (χ1) is 5.88. The highest BCUT2D eigenvalue weighted by Gasteiger charge is 2.15. The molecule has 0 unspecified atom stereocenters. The van der Waals surface area contributed by atoms with Gasteiger partial charge in [0.1, 0.15) is 0 Å². The summed E-state index contributed by atoms with van der Waals surface area (Å²) < 4.78 is 0. The molecule has 0 aliphatic rings. The minimum Gasteiger partial charge on any atom is -0.307 e. The van der Waals surface area contributed by atoms with E-state index in [9.17, 15) is 0 Å². The molecule has 0 aromatic heterocycles. The van der Waals surface area contributed by atoms with Crippen molar-refractivity contribution in [3.8, 4) is 0 Å². The molecule has 2 heteroatoms. The Labute approximate surface area is 83.9 Å². The van der Waals surface area contributed by atoms with Gasteiger partial charge in [0, 0.05) is 5.54 Å². The second-order valence-electron chi connectivity index (χ2n) is 4.84. The molecule has 0 bridgehead atoms. The van der Waals surface area contributed by atoms with Gasteiger partial charge in [-0.2, -0.15) is 0 Å². The fourth-order valence-electron chi connectivity index (χ4n) is 1.07. The molecule has 0 spiro atoms. The second-order valence-corrected chi connectivity index (χ2v) is 4.84. The average molecular weight is 186 g/mol. The van der Waals surface area contributed by atoms with E-state index < -0.39 is 0 Å². The lowest BCUT2D eigenvalue weighted by Crippen LogP contribution is -2.39. The molecule has 80 valence electrons. The Hall–Kier alpha value is -0.0800. The van der Waals surface area contributed by atoms with Crippen LogP contribution in [0.3, 0.4) is 0 Å². The summed E-state index contributed by atoms with van der Waals surface area (Å²) in [7, 11) is 4.38. The minimum atomic E-state index is 0.310. The SMILES string of the molecule is CCN(C)CCCN(C)C(C)(C)C. The molecule has 13 heavy (non-hydrogen) atoms. The van der Waals surface area contributed by atoms with Crippen molar-refractivity contribution in [2.24, 2.45) is 0 Å². The Bertz CT molecular complexity index is 127. The molecule has 0 N–H and O–H groups in total. The van der Waals surface area contributed by atoms with Crippen molar-refractivity contribution in [3.63, 3.8) is 0 Å². The molecule has 0 atom stereocenters.